The molecule has 2 aromatic rings. The molecule has 1 atom stereocenters. The molecule has 168 valence electrons. The number of hydrogen-bond donors (Lipinski definition) is 1. The lowest BCUT2D eigenvalue weighted by atomic mass is 10.1. The van der Waals surface area contributed by atoms with Crippen molar-refractivity contribution in [1.29, 1.82) is 0 Å². The van der Waals surface area contributed by atoms with Crippen molar-refractivity contribution in [2.75, 3.05) is 13.6 Å². The van der Waals surface area contributed by atoms with Gasteiger partial charge in [-0.1, -0.05) is 26.7 Å². The van der Waals surface area contributed by atoms with Crippen molar-refractivity contribution in [2.45, 2.75) is 65.0 Å². The van der Waals surface area contributed by atoms with E-state index >= 15 is 0 Å². The summed E-state index contributed by atoms with van der Waals surface area (Å²) in [5, 5.41) is 7.01. The van der Waals surface area contributed by atoms with Gasteiger partial charge in [0.05, 0.1) is 0 Å². The van der Waals surface area contributed by atoms with Gasteiger partial charge < -0.3 is 14.8 Å². The number of amides is 2. The molecule has 1 saturated carbocycles. The number of pyridine rings is 1. The Labute approximate surface area is 188 Å². The highest BCUT2D eigenvalue weighted by atomic mass is 32.1. The van der Waals surface area contributed by atoms with Gasteiger partial charge >= 0.3 is 0 Å². The van der Waals surface area contributed by atoms with E-state index in [1.165, 1.54) is 0 Å². The normalized spacial score (nSPS) is 15.3. The van der Waals surface area contributed by atoms with Crippen molar-refractivity contribution in [3.8, 4) is 0 Å². The zero-order valence-corrected chi connectivity index (χ0v) is 19.7. The second kappa shape index (κ2) is 10.3. The summed E-state index contributed by atoms with van der Waals surface area (Å²) in [5.74, 6) is -0.456. The molecule has 31 heavy (non-hydrogen) atoms. The molecule has 0 radical (unpaired) electrons. The minimum Gasteiger partial charge on any atom is -0.349 e. The molecule has 2 heterocycles. The predicted molar refractivity (Wildman–Crippen MR) is 125 cm³/mol. The maximum absolute atomic E-state index is 13.2. The molecule has 3 rings (SSSR count). The van der Waals surface area contributed by atoms with E-state index in [2.05, 4.69) is 10.7 Å². The molecule has 2 aromatic heterocycles. The first-order chi connectivity index (χ1) is 14.8. The SMILES string of the molecule is CC(C)CN(C)C(=O)c1cn(C2CCCC2)cc(C(=O)N[C@H](C)Cc2ccsc2)c1=O. The van der Waals surface area contributed by atoms with Crippen LogP contribution in [0.15, 0.2) is 34.0 Å². The average Bonchev–Trinajstić information content (AvgIpc) is 3.41. The first-order valence-corrected chi connectivity index (χ1v) is 12.0. The van der Waals surface area contributed by atoms with E-state index in [0.717, 1.165) is 31.2 Å². The minimum atomic E-state index is -0.491. The average molecular weight is 444 g/mol. The van der Waals surface area contributed by atoms with Crippen LogP contribution in [0.3, 0.4) is 0 Å². The predicted octanol–water partition coefficient (Wildman–Crippen LogP) is 4.11. The number of carbonyl (C=O) groups is 2. The summed E-state index contributed by atoms with van der Waals surface area (Å²) in [4.78, 5) is 40.9. The highest BCUT2D eigenvalue weighted by molar-refractivity contribution is 7.07. The maximum Gasteiger partial charge on any atom is 0.259 e. The lowest BCUT2D eigenvalue weighted by Crippen LogP contribution is -2.40. The van der Waals surface area contributed by atoms with Gasteiger partial charge in [-0.25, -0.2) is 0 Å². The summed E-state index contributed by atoms with van der Waals surface area (Å²) < 4.78 is 1.92. The zero-order chi connectivity index (χ0) is 22.5. The second-order valence-electron chi connectivity index (χ2n) is 9.09. The van der Waals surface area contributed by atoms with E-state index in [0.29, 0.717) is 13.0 Å². The molecule has 1 aliphatic carbocycles. The number of rotatable bonds is 8. The van der Waals surface area contributed by atoms with Crippen LogP contribution in [0.1, 0.15) is 78.8 Å². The van der Waals surface area contributed by atoms with Crippen LogP contribution < -0.4 is 10.7 Å². The Hall–Kier alpha value is -2.41. The Morgan fingerprint density at radius 2 is 1.87 bits per heavy atom. The third kappa shape index (κ3) is 5.85. The molecule has 0 aliphatic heterocycles. The van der Waals surface area contributed by atoms with Crippen molar-refractivity contribution >= 4 is 23.2 Å². The number of carbonyl (C=O) groups excluding carboxylic acids is 2. The van der Waals surface area contributed by atoms with E-state index < -0.39 is 11.3 Å². The van der Waals surface area contributed by atoms with Crippen molar-refractivity contribution in [3.05, 3.63) is 56.1 Å². The van der Waals surface area contributed by atoms with Gasteiger partial charge in [0.2, 0.25) is 5.43 Å². The molecular formula is C24H33N3O3S. The Kier molecular flexibility index (Phi) is 7.70. The van der Waals surface area contributed by atoms with Crippen molar-refractivity contribution in [1.82, 2.24) is 14.8 Å². The van der Waals surface area contributed by atoms with Crippen molar-refractivity contribution in [2.24, 2.45) is 5.92 Å². The third-order valence-corrected chi connectivity index (χ3v) is 6.48. The maximum atomic E-state index is 13.2. The van der Waals surface area contributed by atoms with Crippen LogP contribution in [-0.4, -0.2) is 40.9 Å². The molecule has 1 N–H and O–H groups in total. The van der Waals surface area contributed by atoms with Gasteiger partial charge in [0.15, 0.2) is 0 Å². The quantitative estimate of drug-likeness (QED) is 0.667. The highest BCUT2D eigenvalue weighted by Gasteiger charge is 2.25. The molecule has 1 fully saturated rings. The van der Waals surface area contributed by atoms with Crippen LogP contribution in [0.25, 0.3) is 0 Å². The summed E-state index contributed by atoms with van der Waals surface area (Å²) >= 11 is 1.62. The topological polar surface area (TPSA) is 71.4 Å². The molecule has 0 unspecified atom stereocenters. The third-order valence-electron chi connectivity index (χ3n) is 5.75. The van der Waals surface area contributed by atoms with E-state index in [4.69, 9.17) is 0 Å². The first-order valence-electron chi connectivity index (χ1n) is 11.1. The van der Waals surface area contributed by atoms with Crippen LogP contribution in [0, 0.1) is 5.92 Å². The Morgan fingerprint density at radius 1 is 1.19 bits per heavy atom. The van der Waals surface area contributed by atoms with Gasteiger partial charge in [0, 0.05) is 38.1 Å². The van der Waals surface area contributed by atoms with Gasteiger partial charge in [0.1, 0.15) is 11.1 Å². The fourth-order valence-electron chi connectivity index (χ4n) is 4.28. The summed E-state index contributed by atoms with van der Waals surface area (Å²) in [6.07, 6.45) is 8.22. The van der Waals surface area contributed by atoms with Crippen LogP contribution in [0.2, 0.25) is 0 Å². The van der Waals surface area contributed by atoms with Crippen LogP contribution in [-0.2, 0) is 6.42 Å². The summed E-state index contributed by atoms with van der Waals surface area (Å²) in [7, 11) is 1.71. The van der Waals surface area contributed by atoms with Gasteiger partial charge in [-0.15, -0.1) is 0 Å². The smallest absolute Gasteiger partial charge is 0.259 e. The number of nitrogens with one attached hydrogen (secondary N) is 1. The Balaban J connectivity index is 1.90. The van der Waals surface area contributed by atoms with E-state index in [-0.39, 0.29) is 35.0 Å². The van der Waals surface area contributed by atoms with Gasteiger partial charge in [-0.2, -0.15) is 11.3 Å². The van der Waals surface area contributed by atoms with E-state index in [9.17, 15) is 14.4 Å². The summed E-state index contributed by atoms with van der Waals surface area (Å²) in [6, 6.07) is 2.13. The van der Waals surface area contributed by atoms with Gasteiger partial charge in [-0.05, 0) is 54.5 Å². The molecule has 1 aliphatic rings. The molecule has 0 saturated heterocycles. The molecule has 6 nitrogen and oxygen atoms in total. The van der Waals surface area contributed by atoms with E-state index in [1.807, 2.05) is 36.8 Å². The Morgan fingerprint density at radius 3 is 2.48 bits per heavy atom. The van der Waals surface area contributed by atoms with Gasteiger partial charge in [0.25, 0.3) is 11.8 Å². The standard InChI is InChI=1S/C24H33N3O3S/c1-16(2)12-26(4)24(30)21-14-27(19-7-5-6-8-19)13-20(22(21)28)23(29)25-17(3)11-18-9-10-31-15-18/h9-10,13-17,19H,5-8,11-12H2,1-4H3,(H,25,29)/t17-/m1/s1. The second-order valence-corrected chi connectivity index (χ2v) is 9.87. The fraction of sp³-hybridized carbons (Fsp3) is 0.542. The van der Waals surface area contributed by atoms with Crippen molar-refractivity contribution < 1.29 is 9.59 Å². The highest BCUT2D eigenvalue weighted by Crippen LogP contribution is 2.29. The molecular weight excluding hydrogens is 410 g/mol. The van der Waals surface area contributed by atoms with E-state index in [1.54, 1.807) is 35.7 Å². The molecule has 2 amide bonds. The van der Waals surface area contributed by atoms with Crippen LogP contribution in [0.4, 0.5) is 0 Å². The largest absolute Gasteiger partial charge is 0.349 e. The number of aromatic nitrogens is 1. The van der Waals surface area contributed by atoms with Gasteiger partial charge in [-0.3, -0.25) is 14.4 Å². The number of thiophene rings is 1. The zero-order valence-electron chi connectivity index (χ0n) is 18.9. The monoisotopic (exact) mass is 443 g/mol. The summed E-state index contributed by atoms with van der Waals surface area (Å²) in [6.45, 7) is 6.53. The lowest BCUT2D eigenvalue weighted by molar-refractivity contribution is 0.0776. The lowest BCUT2D eigenvalue weighted by Gasteiger charge is -2.22. The van der Waals surface area contributed by atoms with Crippen molar-refractivity contribution in [3.63, 3.8) is 0 Å². The molecule has 0 bridgehead atoms. The fourth-order valence-corrected chi connectivity index (χ4v) is 4.96. The molecule has 7 heteroatoms. The summed E-state index contributed by atoms with van der Waals surface area (Å²) in [5.41, 5.74) is 0.788. The molecule has 0 aromatic carbocycles. The first kappa shape index (κ1) is 23.3. The number of nitrogens with zero attached hydrogens (tertiary/aromatic N) is 2. The van der Waals surface area contributed by atoms with Crippen LogP contribution in [0.5, 0.6) is 0 Å². The number of hydrogen-bond acceptors (Lipinski definition) is 4. The Bertz CT molecular complexity index is 959. The molecule has 0 spiro atoms. The minimum absolute atomic E-state index is 0.0489. The van der Waals surface area contributed by atoms with Crippen LogP contribution >= 0.6 is 11.3 Å².